The van der Waals surface area contributed by atoms with Crippen LogP contribution in [0.15, 0.2) is 6.20 Å². The Balaban J connectivity index is 1.91. The van der Waals surface area contributed by atoms with Gasteiger partial charge in [0.2, 0.25) is 0 Å². The van der Waals surface area contributed by atoms with Crippen molar-refractivity contribution in [1.82, 2.24) is 4.98 Å². The fourth-order valence-electron chi connectivity index (χ4n) is 1.83. The highest BCUT2D eigenvalue weighted by molar-refractivity contribution is 7.11. The highest BCUT2D eigenvalue weighted by Gasteiger charge is 2.16. The number of hydrogen-bond donors (Lipinski definition) is 1. The van der Waals surface area contributed by atoms with Gasteiger partial charge >= 0.3 is 0 Å². The van der Waals surface area contributed by atoms with Gasteiger partial charge in [0.1, 0.15) is 0 Å². The molecule has 1 saturated heterocycles. The van der Waals surface area contributed by atoms with Crippen LogP contribution in [0.3, 0.4) is 0 Å². The van der Waals surface area contributed by atoms with E-state index in [1.54, 1.807) is 11.3 Å². The molecule has 2 heterocycles. The second-order valence-electron chi connectivity index (χ2n) is 4.20. The fraction of sp³-hybridized carbons (Fsp3) is 0.727. The molecule has 15 heavy (non-hydrogen) atoms. The second-order valence-corrected chi connectivity index (χ2v) is 5.35. The van der Waals surface area contributed by atoms with Crippen LogP contribution < -0.4 is 5.73 Å². The first-order valence-electron chi connectivity index (χ1n) is 5.53. The van der Waals surface area contributed by atoms with Crippen LogP contribution in [0, 0.1) is 5.92 Å². The molecular formula is C11H18N2OS. The van der Waals surface area contributed by atoms with Gasteiger partial charge in [0.25, 0.3) is 0 Å². The van der Waals surface area contributed by atoms with Crippen molar-refractivity contribution < 1.29 is 4.74 Å². The molecule has 1 atom stereocenters. The van der Waals surface area contributed by atoms with Crippen LogP contribution in [0.4, 0.5) is 0 Å². The van der Waals surface area contributed by atoms with E-state index in [4.69, 9.17) is 10.5 Å². The van der Waals surface area contributed by atoms with Crippen LogP contribution in [0.2, 0.25) is 0 Å². The number of ether oxygens (including phenoxy) is 1. The molecule has 1 fully saturated rings. The summed E-state index contributed by atoms with van der Waals surface area (Å²) in [7, 11) is 0. The second kappa shape index (κ2) is 5.05. The van der Waals surface area contributed by atoms with Crippen molar-refractivity contribution in [1.29, 1.82) is 0 Å². The third-order valence-electron chi connectivity index (χ3n) is 2.82. The molecule has 0 aromatic carbocycles. The van der Waals surface area contributed by atoms with Crippen molar-refractivity contribution >= 4 is 11.3 Å². The molecule has 2 rings (SSSR count). The molecule has 0 saturated carbocycles. The maximum atomic E-state index is 5.81. The number of thiazole rings is 1. The molecule has 1 aliphatic rings. The Bertz CT molecular complexity index is 305. The third-order valence-corrected chi connectivity index (χ3v) is 4.04. The molecular weight excluding hydrogens is 208 g/mol. The summed E-state index contributed by atoms with van der Waals surface area (Å²) >= 11 is 1.76. The number of aromatic nitrogens is 1. The van der Waals surface area contributed by atoms with Gasteiger partial charge in [-0.25, -0.2) is 4.98 Å². The molecule has 1 aromatic heterocycles. The van der Waals surface area contributed by atoms with Crippen LogP contribution in [0.5, 0.6) is 0 Å². The van der Waals surface area contributed by atoms with Crippen LogP contribution in [0.25, 0.3) is 0 Å². The molecule has 0 radical (unpaired) electrons. The predicted octanol–water partition coefficient (Wildman–Crippen LogP) is 2.13. The lowest BCUT2D eigenvalue weighted by Gasteiger charge is -2.20. The topological polar surface area (TPSA) is 48.1 Å². The number of rotatable bonds is 3. The summed E-state index contributed by atoms with van der Waals surface area (Å²) in [6, 6.07) is 0.117. The average Bonchev–Trinajstić information content (AvgIpc) is 2.68. The fourth-order valence-corrected chi connectivity index (χ4v) is 2.81. The van der Waals surface area contributed by atoms with Gasteiger partial charge in [-0.15, -0.1) is 11.3 Å². The molecule has 0 bridgehead atoms. The average molecular weight is 226 g/mol. The Morgan fingerprint density at radius 1 is 1.60 bits per heavy atom. The molecule has 2 N–H and O–H groups in total. The first-order chi connectivity index (χ1) is 7.25. The molecule has 84 valence electrons. The van der Waals surface area contributed by atoms with E-state index < -0.39 is 0 Å². The maximum Gasteiger partial charge on any atom is 0.0931 e. The van der Waals surface area contributed by atoms with Crippen molar-refractivity contribution in [2.75, 3.05) is 13.2 Å². The number of hydrogen-bond acceptors (Lipinski definition) is 4. The largest absolute Gasteiger partial charge is 0.381 e. The highest BCUT2D eigenvalue weighted by atomic mass is 32.1. The highest BCUT2D eigenvalue weighted by Crippen LogP contribution is 2.24. The minimum Gasteiger partial charge on any atom is -0.381 e. The zero-order chi connectivity index (χ0) is 10.7. The normalized spacial score (nSPS) is 20.4. The molecule has 1 aromatic rings. The van der Waals surface area contributed by atoms with Crippen molar-refractivity contribution in [2.24, 2.45) is 11.7 Å². The molecule has 0 amide bonds. The van der Waals surface area contributed by atoms with E-state index in [9.17, 15) is 0 Å². The summed E-state index contributed by atoms with van der Waals surface area (Å²) in [5.74, 6) is 0.755. The van der Waals surface area contributed by atoms with Crippen molar-refractivity contribution in [2.45, 2.75) is 32.2 Å². The molecule has 3 nitrogen and oxygen atoms in total. The van der Waals surface area contributed by atoms with Gasteiger partial charge in [-0.2, -0.15) is 0 Å². The molecule has 1 unspecified atom stereocenters. The van der Waals surface area contributed by atoms with Crippen LogP contribution in [-0.4, -0.2) is 18.2 Å². The van der Waals surface area contributed by atoms with Gasteiger partial charge in [-0.1, -0.05) is 0 Å². The summed E-state index contributed by atoms with van der Waals surface area (Å²) in [5, 5.41) is 1.23. The molecule has 4 heteroatoms. The van der Waals surface area contributed by atoms with Crippen molar-refractivity contribution in [3.8, 4) is 0 Å². The monoisotopic (exact) mass is 226 g/mol. The SMILES string of the molecule is CC(N)c1cnc(CC2CCOCC2)s1. The van der Waals surface area contributed by atoms with Gasteiger partial charge in [-0.05, 0) is 25.7 Å². The van der Waals surface area contributed by atoms with E-state index in [0.29, 0.717) is 0 Å². The Labute approximate surface area is 94.7 Å². The Morgan fingerprint density at radius 3 is 2.93 bits per heavy atom. The predicted molar refractivity (Wildman–Crippen MR) is 62.0 cm³/mol. The first kappa shape index (κ1) is 11.0. The maximum absolute atomic E-state index is 5.81. The summed E-state index contributed by atoms with van der Waals surface area (Å²) in [4.78, 5) is 5.62. The summed E-state index contributed by atoms with van der Waals surface area (Å²) in [5.41, 5.74) is 5.81. The lowest BCUT2D eigenvalue weighted by molar-refractivity contribution is 0.0665. The van der Waals surface area contributed by atoms with Gasteiger partial charge in [-0.3, -0.25) is 0 Å². The van der Waals surface area contributed by atoms with E-state index in [0.717, 1.165) is 25.6 Å². The quantitative estimate of drug-likeness (QED) is 0.859. The van der Waals surface area contributed by atoms with Gasteiger partial charge in [0.15, 0.2) is 0 Å². The standard InChI is InChI=1S/C11H18N2OS/c1-8(12)10-7-13-11(15-10)6-9-2-4-14-5-3-9/h7-9H,2-6,12H2,1H3. The summed E-state index contributed by atoms with van der Waals surface area (Å²) in [6.45, 7) is 3.83. The minimum absolute atomic E-state index is 0.117. The molecule has 0 spiro atoms. The smallest absolute Gasteiger partial charge is 0.0931 e. The zero-order valence-electron chi connectivity index (χ0n) is 9.11. The number of nitrogens with zero attached hydrogens (tertiary/aromatic N) is 1. The summed E-state index contributed by atoms with van der Waals surface area (Å²) in [6.07, 6.45) is 5.37. The Kier molecular flexibility index (Phi) is 3.72. The van der Waals surface area contributed by atoms with E-state index in [2.05, 4.69) is 4.98 Å². The summed E-state index contributed by atoms with van der Waals surface area (Å²) < 4.78 is 5.34. The molecule has 0 aliphatic carbocycles. The van der Waals surface area contributed by atoms with E-state index in [1.807, 2.05) is 13.1 Å². The van der Waals surface area contributed by atoms with Gasteiger partial charge in [0.05, 0.1) is 5.01 Å². The Hall–Kier alpha value is -0.450. The zero-order valence-corrected chi connectivity index (χ0v) is 9.93. The number of nitrogens with two attached hydrogens (primary N) is 1. The van der Waals surface area contributed by atoms with E-state index >= 15 is 0 Å². The van der Waals surface area contributed by atoms with E-state index in [-0.39, 0.29) is 6.04 Å². The van der Waals surface area contributed by atoms with Crippen LogP contribution in [-0.2, 0) is 11.2 Å². The first-order valence-corrected chi connectivity index (χ1v) is 6.35. The van der Waals surface area contributed by atoms with Gasteiger partial charge in [0, 0.05) is 36.8 Å². The lowest BCUT2D eigenvalue weighted by atomic mass is 9.97. The van der Waals surface area contributed by atoms with E-state index in [1.165, 1.54) is 22.7 Å². The third kappa shape index (κ3) is 3.00. The van der Waals surface area contributed by atoms with Gasteiger partial charge < -0.3 is 10.5 Å². The minimum atomic E-state index is 0.117. The van der Waals surface area contributed by atoms with Crippen LogP contribution >= 0.6 is 11.3 Å². The Morgan fingerprint density at radius 2 is 2.33 bits per heavy atom. The molecule has 1 aliphatic heterocycles. The van der Waals surface area contributed by atoms with Crippen LogP contribution in [0.1, 0.15) is 35.7 Å². The van der Waals surface area contributed by atoms with Crippen molar-refractivity contribution in [3.05, 3.63) is 16.1 Å². The lowest BCUT2D eigenvalue weighted by Crippen LogP contribution is -2.17. The van der Waals surface area contributed by atoms with Crippen molar-refractivity contribution in [3.63, 3.8) is 0 Å².